The molecule has 2 aromatic rings. The van der Waals surface area contributed by atoms with Gasteiger partial charge in [0, 0.05) is 11.4 Å². The van der Waals surface area contributed by atoms with Gasteiger partial charge >= 0.3 is 5.97 Å². The molecule has 23 heavy (non-hydrogen) atoms. The number of carboxylic acids is 1. The first-order valence-electron chi connectivity index (χ1n) is 7.06. The quantitative estimate of drug-likeness (QED) is 0.740. The first kappa shape index (κ1) is 17.1. The van der Waals surface area contributed by atoms with Crippen molar-refractivity contribution < 1.29 is 23.8 Å². The fourth-order valence-corrected chi connectivity index (χ4v) is 2.16. The molecule has 0 heterocycles. The standard InChI is InChI=1S/C17H16ClFO4/c18-13-2-7-16(12(11-13)1-8-17(20)21)23-10-9-22-15-5-3-14(19)4-6-15/h2-7,11H,1,8-10H2,(H,20,21). The topological polar surface area (TPSA) is 55.8 Å². The van der Waals surface area contributed by atoms with Crippen LogP contribution in [0.1, 0.15) is 12.0 Å². The van der Waals surface area contributed by atoms with Gasteiger partial charge in [-0.3, -0.25) is 4.79 Å². The van der Waals surface area contributed by atoms with Gasteiger partial charge in [-0.25, -0.2) is 4.39 Å². The van der Waals surface area contributed by atoms with Crippen LogP contribution < -0.4 is 9.47 Å². The van der Waals surface area contributed by atoms with Crippen molar-refractivity contribution in [3.05, 3.63) is 58.9 Å². The Kier molecular flexibility index (Phi) is 6.23. The van der Waals surface area contributed by atoms with Crippen molar-refractivity contribution in [2.45, 2.75) is 12.8 Å². The van der Waals surface area contributed by atoms with Gasteiger partial charge in [-0.05, 0) is 54.4 Å². The zero-order chi connectivity index (χ0) is 16.7. The highest BCUT2D eigenvalue weighted by Gasteiger charge is 2.07. The monoisotopic (exact) mass is 338 g/mol. The minimum atomic E-state index is -0.879. The predicted molar refractivity (Wildman–Crippen MR) is 84.8 cm³/mol. The molecule has 2 aromatic carbocycles. The van der Waals surface area contributed by atoms with Gasteiger partial charge in [0.15, 0.2) is 0 Å². The molecule has 0 unspecified atom stereocenters. The Morgan fingerprint density at radius 2 is 1.78 bits per heavy atom. The van der Waals surface area contributed by atoms with Crippen LogP contribution in [0.25, 0.3) is 0 Å². The van der Waals surface area contributed by atoms with Crippen LogP contribution in [-0.4, -0.2) is 24.3 Å². The third-order valence-corrected chi connectivity index (χ3v) is 3.29. The minimum Gasteiger partial charge on any atom is -0.490 e. The van der Waals surface area contributed by atoms with Crippen LogP contribution in [-0.2, 0) is 11.2 Å². The summed E-state index contributed by atoms with van der Waals surface area (Å²) in [5.74, 6) is -0.0658. The van der Waals surface area contributed by atoms with Gasteiger partial charge in [0.2, 0.25) is 0 Å². The van der Waals surface area contributed by atoms with Crippen molar-refractivity contribution in [2.75, 3.05) is 13.2 Å². The highest BCUT2D eigenvalue weighted by atomic mass is 35.5. The van der Waals surface area contributed by atoms with Crippen LogP contribution >= 0.6 is 11.6 Å². The Morgan fingerprint density at radius 1 is 1.09 bits per heavy atom. The van der Waals surface area contributed by atoms with E-state index in [1.807, 2.05) is 0 Å². The highest BCUT2D eigenvalue weighted by molar-refractivity contribution is 6.30. The van der Waals surface area contributed by atoms with Crippen LogP contribution in [0, 0.1) is 5.82 Å². The Morgan fingerprint density at radius 3 is 2.48 bits per heavy atom. The molecule has 2 rings (SSSR count). The molecule has 0 saturated heterocycles. The van der Waals surface area contributed by atoms with Gasteiger partial charge in [0.1, 0.15) is 30.5 Å². The van der Waals surface area contributed by atoms with Crippen LogP contribution in [0.5, 0.6) is 11.5 Å². The van der Waals surface area contributed by atoms with E-state index in [1.165, 1.54) is 24.3 Å². The van der Waals surface area contributed by atoms with Crippen molar-refractivity contribution in [1.29, 1.82) is 0 Å². The molecule has 4 nitrogen and oxygen atoms in total. The van der Waals surface area contributed by atoms with Crippen molar-refractivity contribution in [3.8, 4) is 11.5 Å². The Labute approximate surface area is 138 Å². The number of ether oxygens (including phenoxy) is 2. The number of rotatable bonds is 8. The van der Waals surface area contributed by atoms with Crippen LogP contribution in [0.15, 0.2) is 42.5 Å². The van der Waals surface area contributed by atoms with Crippen LogP contribution in [0.4, 0.5) is 4.39 Å². The van der Waals surface area contributed by atoms with E-state index in [4.69, 9.17) is 26.2 Å². The van der Waals surface area contributed by atoms with Crippen LogP contribution in [0.2, 0.25) is 5.02 Å². The van der Waals surface area contributed by atoms with Gasteiger partial charge in [-0.1, -0.05) is 11.6 Å². The van der Waals surface area contributed by atoms with Crippen molar-refractivity contribution in [1.82, 2.24) is 0 Å². The highest BCUT2D eigenvalue weighted by Crippen LogP contribution is 2.24. The molecule has 0 aromatic heterocycles. The molecule has 0 spiro atoms. The summed E-state index contributed by atoms with van der Waals surface area (Å²) in [6.45, 7) is 0.561. The van der Waals surface area contributed by atoms with Gasteiger partial charge < -0.3 is 14.6 Å². The molecule has 6 heteroatoms. The summed E-state index contributed by atoms with van der Waals surface area (Å²) in [6, 6.07) is 10.8. The summed E-state index contributed by atoms with van der Waals surface area (Å²) < 4.78 is 23.8. The van der Waals surface area contributed by atoms with Crippen LogP contribution in [0.3, 0.4) is 0 Å². The fraction of sp³-hybridized carbons (Fsp3) is 0.235. The first-order chi connectivity index (χ1) is 11.0. The molecule has 0 radical (unpaired) electrons. The van der Waals surface area contributed by atoms with E-state index in [1.54, 1.807) is 18.2 Å². The van der Waals surface area contributed by atoms with Gasteiger partial charge in [-0.2, -0.15) is 0 Å². The lowest BCUT2D eigenvalue weighted by Gasteiger charge is -2.12. The second-order valence-electron chi connectivity index (χ2n) is 4.80. The predicted octanol–water partition coefficient (Wildman–Crippen LogP) is 3.95. The molecule has 0 saturated carbocycles. The first-order valence-corrected chi connectivity index (χ1v) is 7.44. The molecule has 0 bridgehead atoms. The maximum atomic E-state index is 12.8. The summed E-state index contributed by atoms with van der Waals surface area (Å²) in [4.78, 5) is 10.7. The zero-order valence-corrected chi connectivity index (χ0v) is 13.1. The number of aliphatic carboxylic acids is 1. The lowest BCUT2D eigenvalue weighted by atomic mass is 10.1. The summed E-state index contributed by atoms with van der Waals surface area (Å²) in [5.41, 5.74) is 0.738. The molecule has 0 aliphatic rings. The largest absolute Gasteiger partial charge is 0.490 e. The average Bonchev–Trinajstić information content (AvgIpc) is 2.52. The Bertz CT molecular complexity index is 658. The molecule has 0 fully saturated rings. The minimum absolute atomic E-state index is 0.00276. The average molecular weight is 339 g/mol. The summed E-state index contributed by atoms with van der Waals surface area (Å²) in [5, 5.41) is 9.30. The van der Waals surface area contributed by atoms with E-state index in [2.05, 4.69) is 0 Å². The van der Waals surface area contributed by atoms with Gasteiger partial charge in [0.05, 0.1) is 0 Å². The number of halogens is 2. The smallest absolute Gasteiger partial charge is 0.303 e. The summed E-state index contributed by atoms with van der Waals surface area (Å²) in [7, 11) is 0. The maximum absolute atomic E-state index is 12.8. The SMILES string of the molecule is O=C(O)CCc1cc(Cl)ccc1OCCOc1ccc(F)cc1. The number of aryl methyl sites for hydroxylation is 1. The molecule has 1 N–H and O–H groups in total. The number of hydrogen-bond acceptors (Lipinski definition) is 3. The zero-order valence-electron chi connectivity index (χ0n) is 12.3. The lowest BCUT2D eigenvalue weighted by molar-refractivity contribution is -0.136. The molecular weight excluding hydrogens is 323 g/mol. The fourth-order valence-electron chi connectivity index (χ4n) is 1.97. The Hall–Kier alpha value is -2.27. The van der Waals surface area contributed by atoms with E-state index in [0.29, 0.717) is 22.9 Å². The molecule has 0 amide bonds. The second-order valence-corrected chi connectivity index (χ2v) is 5.23. The van der Waals surface area contributed by atoms with Gasteiger partial charge in [0.25, 0.3) is 0 Å². The third kappa shape index (κ3) is 5.79. The summed E-state index contributed by atoms with van der Waals surface area (Å²) in [6.07, 6.45) is 0.340. The van der Waals surface area contributed by atoms with Crippen molar-refractivity contribution in [3.63, 3.8) is 0 Å². The van der Waals surface area contributed by atoms with Crippen molar-refractivity contribution in [2.24, 2.45) is 0 Å². The molecule has 122 valence electrons. The van der Waals surface area contributed by atoms with Gasteiger partial charge in [-0.15, -0.1) is 0 Å². The van der Waals surface area contributed by atoms with E-state index in [9.17, 15) is 9.18 Å². The molecule has 0 atom stereocenters. The number of carbonyl (C=O) groups is 1. The number of carboxylic acid groups (broad SMARTS) is 1. The second kappa shape index (κ2) is 8.39. The Balaban J connectivity index is 1.86. The number of hydrogen-bond donors (Lipinski definition) is 1. The normalized spacial score (nSPS) is 10.3. The maximum Gasteiger partial charge on any atom is 0.303 e. The van der Waals surface area contributed by atoms with E-state index in [0.717, 1.165) is 5.56 Å². The number of benzene rings is 2. The third-order valence-electron chi connectivity index (χ3n) is 3.05. The molecule has 0 aliphatic heterocycles. The van der Waals surface area contributed by atoms with Crippen molar-refractivity contribution >= 4 is 17.6 Å². The van der Waals surface area contributed by atoms with E-state index in [-0.39, 0.29) is 25.5 Å². The van der Waals surface area contributed by atoms with E-state index < -0.39 is 5.97 Å². The van der Waals surface area contributed by atoms with E-state index >= 15 is 0 Å². The molecular formula is C17H16ClFO4. The summed E-state index contributed by atoms with van der Waals surface area (Å²) >= 11 is 5.93. The molecule has 0 aliphatic carbocycles. The lowest BCUT2D eigenvalue weighted by Crippen LogP contribution is -2.10.